The molecule has 1 amide bonds. The van der Waals surface area contributed by atoms with Crippen molar-refractivity contribution in [2.24, 2.45) is 0 Å². The van der Waals surface area contributed by atoms with Gasteiger partial charge in [0.15, 0.2) is 0 Å². The van der Waals surface area contributed by atoms with E-state index in [0.717, 1.165) is 24.5 Å². The maximum absolute atomic E-state index is 11.9. The van der Waals surface area contributed by atoms with Crippen molar-refractivity contribution in [2.75, 3.05) is 19.6 Å². The quantitative estimate of drug-likeness (QED) is 0.753. The second-order valence-electron chi connectivity index (χ2n) is 4.75. The molecule has 0 aliphatic heterocycles. The van der Waals surface area contributed by atoms with Crippen LogP contribution in [0.1, 0.15) is 18.3 Å². The normalized spacial score (nSPS) is 10.1. The molecular formula is C15H22ClN5O. The van der Waals surface area contributed by atoms with Crippen molar-refractivity contribution in [3.05, 3.63) is 41.7 Å². The third-order valence-electron chi connectivity index (χ3n) is 3.19. The van der Waals surface area contributed by atoms with Crippen molar-refractivity contribution in [3.63, 3.8) is 0 Å². The van der Waals surface area contributed by atoms with Crippen LogP contribution < -0.4 is 10.6 Å². The van der Waals surface area contributed by atoms with Gasteiger partial charge < -0.3 is 10.6 Å². The first-order valence-electron chi connectivity index (χ1n) is 7.16. The predicted molar refractivity (Wildman–Crippen MR) is 88.6 cm³/mol. The average Bonchev–Trinajstić information content (AvgIpc) is 2.86. The van der Waals surface area contributed by atoms with E-state index in [1.165, 1.54) is 0 Å². The van der Waals surface area contributed by atoms with Gasteiger partial charge in [-0.3, -0.25) is 4.79 Å². The number of aromatic nitrogens is 3. The number of hydrogen-bond acceptors (Lipinski definition) is 4. The first-order chi connectivity index (χ1) is 10.2. The number of likely N-dealkylation sites (N-methyl/N-ethyl adjacent to an activating group) is 1. The molecule has 2 rings (SSSR count). The summed E-state index contributed by atoms with van der Waals surface area (Å²) >= 11 is 0. The van der Waals surface area contributed by atoms with Gasteiger partial charge in [-0.15, -0.1) is 17.5 Å². The van der Waals surface area contributed by atoms with Crippen LogP contribution in [-0.2, 0) is 11.2 Å². The molecule has 0 radical (unpaired) electrons. The predicted octanol–water partition coefficient (Wildman–Crippen LogP) is 1.27. The summed E-state index contributed by atoms with van der Waals surface area (Å²) < 4.78 is 1.75. The number of rotatable bonds is 7. The lowest BCUT2D eigenvalue weighted by Gasteiger charge is -2.05. The highest BCUT2D eigenvalue weighted by Gasteiger charge is 2.13. The second-order valence-corrected chi connectivity index (χ2v) is 4.75. The number of nitrogens with one attached hydrogen (secondary N) is 2. The number of para-hydroxylation sites is 1. The number of carbonyl (C=O) groups is 1. The molecule has 0 aliphatic carbocycles. The average molecular weight is 324 g/mol. The molecule has 0 atom stereocenters. The highest BCUT2D eigenvalue weighted by molar-refractivity contribution is 5.85. The summed E-state index contributed by atoms with van der Waals surface area (Å²) in [5.41, 5.74) is 2.55. The number of benzene rings is 1. The molecule has 22 heavy (non-hydrogen) atoms. The Morgan fingerprint density at radius 3 is 2.64 bits per heavy atom. The molecule has 0 spiro atoms. The van der Waals surface area contributed by atoms with E-state index in [0.29, 0.717) is 12.2 Å². The molecule has 0 bridgehead atoms. The Morgan fingerprint density at radius 1 is 1.23 bits per heavy atom. The van der Waals surface area contributed by atoms with E-state index in [1.807, 2.05) is 44.2 Å². The molecule has 0 saturated carbocycles. The molecule has 2 aromatic rings. The zero-order valence-corrected chi connectivity index (χ0v) is 13.7. The molecule has 7 heteroatoms. The fourth-order valence-electron chi connectivity index (χ4n) is 2.02. The summed E-state index contributed by atoms with van der Waals surface area (Å²) in [6.45, 7) is 6.26. The Labute approximate surface area is 136 Å². The SMILES string of the molecule is CCNCCNC(=O)Cc1nnn(-c2ccccc2)c1C.Cl. The van der Waals surface area contributed by atoms with Crippen molar-refractivity contribution in [1.82, 2.24) is 25.6 Å². The van der Waals surface area contributed by atoms with E-state index in [1.54, 1.807) is 4.68 Å². The summed E-state index contributed by atoms with van der Waals surface area (Å²) in [7, 11) is 0. The van der Waals surface area contributed by atoms with Crippen molar-refractivity contribution >= 4 is 18.3 Å². The summed E-state index contributed by atoms with van der Waals surface area (Å²) in [6, 6.07) is 9.77. The minimum atomic E-state index is -0.0314. The van der Waals surface area contributed by atoms with Gasteiger partial charge in [-0.25, -0.2) is 4.68 Å². The van der Waals surface area contributed by atoms with E-state index in [-0.39, 0.29) is 24.7 Å². The van der Waals surface area contributed by atoms with Crippen LogP contribution >= 0.6 is 12.4 Å². The van der Waals surface area contributed by atoms with E-state index in [4.69, 9.17) is 0 Å². The molecule has 0 unspecified atom stereocenters. The van der Waals surface area contributed by atoms with Gasteiger partial charge in [-0.05, 0) is 25.6 Å². The largest absolute Gasteiger partial charge is 0.354 e. The molecule has 6 nitrogen and oxygen atoms in total. The van der Waals surface area contributed by atoms with Crippen molar-refractivity contribution in [2.45, 2.75) is 20.3 Å². The number of hydrogen-bond donors (Lipinski definition) is 2. The molecule has 1 aromatic carbocycles. The molecular weight excluding hydrogens is 302 g/mol. The van der Waals surface area contributed by atoms with Crippen LogP contribution in [0.5, 0.6) is 0 Å². The highest BCUT2D eigenvalue weighted by Crippen LogP contribution is 2.11. The molecule has 0 aliphatic rings. The van der Waals surface area contributed by atoms with Crippen LogP contribution in [0, 0.1) is 6.92 Å². The topological polar surface area (TPSA) is 71.8 Å². The number of amides is 1. The zero-order valence-electron chi connectivity index (χ0n) is 12.9. The fraction of sp³-hybridized carbons (Fsp3) is 0.400. The van der Waals surface area contributed by atoms with Crippen molar-refractivity contribution in [1.29, 1.82) is 0 Å². The minimum Gasteiger partial charge on any atom is -0.354 e. The maximum Gasteiger partial charge on any atom is 0.226 e. The lowest BCUT2D eigenvalue weighted by atomic mass is 10.2. The van der Waals surface area contributed by atoms with Crippen LogP contribution in [-0.4, -0.2) is 40.5 Å². The standard InChI is InChI=1S/C15H21N5O.ClH/c1-3-16-9-10-17-15(21)11-14-12(2)20(19-18-14)13-7-5-4-6-8-13;/h4-8,16H,3,9-11H2,1-2H3,(H,17,21);1H. The van der Waals surface area contributed by atoms with Gasteiger partial charge in [0, 0.05) is 13.1 Å². The first-order valence-corrected chi connectivity index (χ1v) is 7.16. The van der Waals surface area contributed by atoms with Gasteiger partial charge in [-0.1, -0.05) is 30.3 Å². The Hall–Kier alpha value is -1.92. The molecule has 1 aromatic heterocycles. The minimum absolute atomic E-state index is 0. The molecule has 0 fully saturated rings. The summed E-state index contributed by atoms with van der Waals surface area (Å²) in [6.07, 6.45) is 0.255. The van der Waals surface area contributed by atoms with Gasteiger partial charge in [0.1, 0.15) is 0 Å². The summed E-state index contributed by atoms with van der Waals surface area (Å²) in [5.74, 6) is -0.0314. The van der Waals surface area contributed by atoms with Crippen LogP contribution in [0.25, 0.3) is 5.69 Å². The van der Waals surface area contributed by atoms with E-state index < -0.39 is 0 Å². The summed E-state index contributed by atoms with van der Waals surface area (Å²) in [4.78, 5) is 11.9. The van der Waals surface area contributed by atoms with E-state index in [2.05, 4.69) is 20.9 Å². The number of nitrogens with zero attached hydrogens (tertiary/aromatic N) is 3. The third kappa shape index (κ3) is 4.82. The van der Waals surface area contributed by atoms with Crippen LogP contribution in [0.15, 0.2) is 30.3 Å². The lowest BCUT2D eigenvalue weighted by molar-refractivity contribution is -0.120. The molecule has 1 heterocycles. The van der Waals surface area contributed by atoms with Crippen molar-refractivity contribution < 1.29 is 4.79 Å². The number of halogens is 1. The molecule has 120 valence electrons. The smallest absolute Gasteiger partial charge is 0.226 e. The highest BCUT2D eigenvalue weighted by atomic mass is 35.5. The van der Waals surface area contributed by atoms with Crippen molar-refractivity contribution in [3.8, 4) is 5.69 Å². The van der Waals surface area contributed by atoms with E-state index >= 15 is 0 Å². The lowest BCUT2D eigenvalue weighted by Crippen LogP contribution is -2.32. The Morgan fingerprint density at radius 2 is 1.95 bits per heavy atom. The van der Waals surface area contributed by atoms with Gasteiger partial charge in [0.2, 0.25) is 5.91 Å². The molecule has 0 saturated heterocycles. The van der Waals surface area contributed by atoms with Gasteiger partial charge in [0.25, 0.3) is 0 Å². The van der Waals surface area contributed by atoms with Gasteiger partial charge in [-0.2, -0.15) is 0 Å². The zero-order chi connectivity index (χ0) is 15.1. The maximum atomic E-state index is 11.9. The van der Waals surface area contributed by atoms with Gasteiger partial charge >= 0.3 is 0 Å². The molecule has 2 N–H and O–H groups in total. The van der Waals surface area contributed by atoms with Crippen LogP contribution in [0.2, 0.25) is 0 Å². The first kappa shape index (κ1) is 18.1. The van der Waals surface area contributed by atoms with Crippen LogP contribution in [0.3, 0.4) is 0 Å². The van der Waals surface area contributed by atoms with Crippen LogP contribution in [0.4, 0.5) is 0 Å². The third-order valence-corrected chi connectivity index (χ3v) is 3.19. The Bertz CT molecular complexity index is 585. The monoisotopic (exact) mass is 323 g/mol. The second kappa shape index (κ2) is 9.17. The Kier molecular flexibility index (Phi) is 7.56. The van der Waals surface area contributed by atoms with Gasteiger partial charge in [0.05, 0.1) is 23.5 Å². The van der Waals surface area contributed by atoms with E-state index in [9.17, 15) is 4.79 Å². The Balaban J connectivity index is 0.00000242. The number of carbonyl (C=O) groups excluding carboxylic acids is 1. The fourth-order valence-corrected chi connectivity index (χ4v) is 2.02. The summed E-state index contributed by atoms with van der Waals surface area (Å²) in [5, 5.41) is 14.3.